The normalized spacial score (nSPS) is 18.2. The maximum absolute atomic E-state index is 11.9. The molecule has 2 N–H and O–H groups in total. The van der Waals surface area contributed by atoms with E-state index in [9.17, 15) is 4.79 Å². The average molecular weight is 457 g/mol. The molecule has 0 radical (unpaired) electrons. The molecule has 3 aromatic heterocycles. The molecule has 6 rings (SSSR count). The Morgan fingerprint density at radius 1 is 1.12 bits per heavy atom. The van der Waals surface area contributed by atoms with Crippen molar-refractivity contribution in [3.05, 3.63) is 72.0 Å². The summed E-state index contributed by atoms with van der Waals surface area (Å²) in [5.74, 6) is 2.07. The molecule has 2 saturated heterocycles. The van der Waals surface area contributed by atoms with Gasteiger partial charge in [0.05, 0.1) is 18.9 Å². The number of morpholine rings is 1. The third kappa shape index (κ3) is 4.11. The number of rotatable bonds is 4. The number of pyridine rings is 1. The molecule has 0 aromatic carbocycles. The van der Waals surface area contributed by atoms with Crippen LogP contribution in [0.1, 0.15) is 12.0 Å². The van der Waals surface area contributed by atoms with Gasteiger partial charge in [-0.05, 0) is 35.9 Å². The van der Waals surface area contributed by atoms with E-state index in [-0.39, 0.29) is 12.5 Å². The van der Waals surface area contributed by atoms with Crippen LogP contribution in [0.25, 0.3) is 11.2 Å². The fraction of sp³-hybridized carbons (Fsp3) is 0.250. The molecular weight excluding hydrogens is 434 g/mol. The first kappa shape index (κ1) is 20.4. The third-order valence-corrected chi connectivity index (χ3v) is 5.90. The summed E-state index contributed by atoms with van der Waals surface area (Å²) in [5.41, 5.74) is 4.28. The van der Waals surface area contributed by atoms with E-state index in [1.807, 2.05) is 53.2 Å². The number of carbonyl (C=O) groups is 1. The molecule has 2 bridgehead atoms. The molecule has 34 heavy (non-hydrogen) atoms. The Balaban J connectivity index is 1.32. The zero-order valence-corrected chi connectivity index (χ0v) is 18.4. The smallest absolute Gasteiger partial charge is 0.262 e. The lowest BCUT2D eigenvalue weighted by molar-refractivity contribution is -0.123. The van der Waals surface area contributed by atoms with E-state index in [1.165, 1.54) is 0 Å². The molecule has 0 atom stereocenters. The highest BCUT2D eigenvalue weighted by Crippen LogP contribution is 2.29. The molecule has 0 unspecified atom stereocenters. The van der Waals surface area contributed by atoms with Gasteiger partial charge in [-0.15, -0.1) is 10.2 Å². The van der Waals surface area contributed by atoms with Gasteiger partial charge in [0.15, 0.2) is 23.9 Å². The Bertz CT molecular complexity index is 1330. The maximum atomic E-state index is 11.9. The van der Waals surface area contributed by atoms with E-state index in [0.29, 0.717) is 25.5 Å². The van der Waals surface area contributed by atoms with Crippen molar-refractivity contribution in [2.45, 2.75) is 6.42 Å². The second-order valence-corrected chi connectivity index (χ2v) is 8.24. The van der Waals surface area contributed by atoms with E-state index in [4.69, 9.17) is 9.47 Å². The van der Waals surface area contributed by atoms with Crippen LogP contribution >= 0.6 is 0 Å². The largest absolute Gasteiger partial charge is 0.488 e. The fourth-order valence-electron chi connectivity index (χ4n) is 4.22. The molecule has 2 aliphatic heterocycles. The number of nitrogens with zero attached hydrogens (tertiary/aromatic N) is 5. The summed E-state index contributed by atoms with van der Waals surface area (Å²) >= 11 is 0. The first-order valence-corrected chi connectivity index (χ1v) is 11.2. The standard InChI is InChI=1S/C24H23N7O3/c32-23-15-34-19-2-1-16(11-18(13-19)26-23)17-12-20(24-25-5-6-31(24)14-17)27-21-3-4-22(29-28-21)30-7-9-33-10-8-30/h1-6,11-12,14H,7-10,13,15H2,(H,26,32)(H,27,28). The lowest BCUT2D eigenvalue weighted by Crippen LogP contribution is -2.36. The zero-order valence-electron chi connectivity index (χ0n) is 18.4. The minimum absolute atomic E-state index is 0.0345. The Labute approximate surface area is 195 Å². The molecule has 0 saturated carbocycles. The van der Waals surface area contributed by atoms with Crippen LogP contribution in [0.2, 0.25) is 0 Å². The van der Waals surface area contributed by atoms with E-state index in [2.05, 4.69) is 30.7 Å². The quantitative estimate of drug-likeness (QED) is 0.615. The number of amides is 1. The Morgan fingerprint density at radius 3 is 2.88 bits per heavy atom. The fourth-order valence-corrected chi connectivity index (χ4v) is 4.22. The summed E-state index contributed by atoms with van der Waals surface area (Å²) in [6.07, 6.45) is 12.1. The molecule has 1 amide bonds. The monoisotopic (exact) mass is 457 g/mol. The van der Waals surface area contributed by atoms with Crippen LogP contribution < -0.4 is 15.5 Å². The molecule has 3 aromatic rings. The van der Waals surface area contributed by atoms with Gasteiger partial charge >= 0.3 is 0 Å². The molecule has 3 aliphatic rings. The van der Waals surface area contributed by atoms with Gasteiger partial charge in [-0.25, -0.2) is 4.98 Å². The molecular formula is C24H23N7O3. The van der Waals surface area contributed by atoms with Crippen molar-refractivity contribution in [3.8, 4) is 0 Å². The summed E-state index contributed by atoms with van der Waals surface area (Å²) < 4.78 is 12.9. The van der Waals surface area contributed by atoms with E-state index in [1.54, 1.807) is 6.20 Å². The van der Waals surface area contributed by atoms with Crippen molar-refractivity contribution in [3.63, 3.8) is 0 Å². The number of hydrogen-bond donors (Lipinski definition) is 2. The Kier molecular flexibility index (Phi) is 5.19. The molecule has 10 nitrogen and oxygen atoms in total. The van der Waals surface area contributed by atoms with Crippen LogP contribution in [-0.2, 0) is 14.3 Å². The minimum Gasteiger partial charge on any atom is -0.488 e. The van der Waals surface area contributed by atoms with Crippen molar-refractivity contribution in [2.75, 3.05) is 43.1 Å². The predicted molar refractivity (Wildman–Crippen MR) is 126 cm³/mol. The maximum Gasteiger partial charge on any atom is 0.262 e. The molecule has 0 spiro atoms. The van der Waals surface area contributed by atoms with E-state index >= 15 is 0 Å². The van der Waals surface area contributed by atoms with Gasteiger partial charge in [-0.1, -0.05) is 6.08 Å². The van der Waals surface area contributed by atoms with Crippen molar-refractivity contribution >= 4 is 34.5 Å². The Hall–Kier alpha value is -4.18. The van der Waals surface area contributed by atoms with E-state index < -0.39 is 0 Å². The summed E-state index contributed by atoms with van der Waals surface area (Å²) in [7, 11) is 0. The van der Waals surface area contributed by atoms with Crippen LogP contribution in [0.4, 0.5) is 17.3 Å². The van der Waals surface area contributed by atoms with Crippen molar-refractivity contribution in [1.29, 1.82) is 0 Å². The second-order valence-electron chi connectivity index (χ2n) is 8.24. The van der Waals surface area contributed by atoms with Crippen LogP contribution in [0.5, 0.6) is 0 Å². The second kappa shape index (κ2) is 8.64. The number of aromatic nitrogens is 4. The number of allylic oxidation sites excluding steroid dienone is 4. The number of anilines is 3. The highest BCUT2D eigenvalue weighted by Gasteiger charge is 2.18. The van der Waals surface area contributed by atoms with Gasteiger partial charge in [0.25, 0.3) is 5.91 Å². The number of fused-ring (bicyclic) bond motifs is 3. The van der Waals surface area contributed by atoms with Crippen molar-refractivity contribution in [1.82, 2.24) is 24.9 Å². The lowest BCUT2D eigenvalue weighted by atomic mass is 10.1. The summed E-state index contributed by atoms with van der Waals surface area (Å²) in [6.45, 7) is 3.05. The van der Waals surface area contributed by atoms with Gasteiger partial charge in [0.1, 0.15) is 5.76 Å². The van der Waals surface area contributed by atoms with Crippen LogP contribution in [0.3, 0.4) is 0 Å². The minimum atomic E-state index is -0.151. The van der Waals surface area contributed by atoms with Gasteiger partial charge in [-0.3, -0.25) is 4.79 Å². The molecule has 5 heterocycles. The summed E-state index contributed by atoms with van der Waals surface area (Å²) in [5, 5.41) is 15.1. The Morgan fingerprint density at radius 2 is 2.03 bits per heavy atom. The molecule has 10 heteroatoms. The number of imidazole rings is 1. The van der Waals surface area contributed by atoms with Gasteiger partial charge in [0, 0.05) is 49.4 Å². The first-order valence-electron chi connectivity index (χ1n) is 11.2. The van der Waals surface area contributed by atoms with Gasteiger partial charge in [0.2, 0.25) is 0 Å². The van der Waals surface area contributed by atoms with Crippen molar-refractivity contribution < 1.29 is 14.3 Å². The number of carbonyl (C=O) groups excluding carboxylic acids is 1. The molecule has 1 aliphatic carbocycles. The number of nitrogens with one attached hydrogen (secondary N) is 2. The van der Waals surface area contributed by atoms with Crippen LogP contribution in [-0.4, -0.2) is 58.4 Å². The summed E-state index contributed by atoms with van der Waals surface area (Å²) in [4.78, 5) is 18.6. The topological polar surface area (TPSA) is 106 Å². The zero-order chi connectivity index (χ0) is 22.9. The van der Waals surface area contributed by atoms with Crippen LogP contribution in [0.15, 0.2) is 66.5 Å². The SMILES string of the molecule is O=C1COC2=CC=C(c3cc(Nc4ccc(N5CCOCC5)nn4)c4nccn4c3)C=C(C2)N1. The molecule has 2 fully saturated rings. The lowest BCUT2D eigenvalue weighted by Gasteiger charge is -2.27. The predicted octanol–water partition coefficient (Wildman–Crippen LogP) is 2.41. The number of hydrogen-bond acceptors (Lipinski definition) is 8. The highest BCUT2D eigenvalue weighted by molar-refractivity contribution is 5.85. The van der Waals surface area contributed by atoms with Crippen LogP contribution in [0, 0.1) is 0 Å². The van der Waals surface area contributed by atoms with Gasteiger partial charge in [-0.2, -0.15) is 0 Å². The first-order chi connectivity index (χ1) is 16.7. The van der Waals surface area contributed by atoms with Gasteiger partial charge < -0.3 is 29.4 Å². The third-order valence-electron chi connectivity index (χ3n) is 5.90. The molecule has 172 valence electrons. The average Bonchev–Trinajstić information content (AvgIpc) is 3.16. The summed E-state index contributed by atoms with van der Waals surface area (Å²) in [6, 6.07) is 5.90. The van der Waals surface area contributed by atoms with E-state index in [0.717, 1.165) is 52.8 Å². The highest BCUT2D eigenvalue weighted by atomic mass is 16.5. The van der Waals surface area contributed by atoms with Crippen molar-refractivity contribution in [2.24, 2.45) is 0 Å². The number of ether oxygens (including phenoxy) is 2.